The minimum atomic E-state index is 0.493. The average molecular weight is 285 g/mol. The van der Waals surface area contributed by atoms with Crippen molar-refractivity contribution in [2.75, 3.05) is 19.0 Å². The van der Waals surface area contributed by atoms with Crippen LogP contribution in [-0.2, 0) is 24.3 Å². The molecule has 0 radical (unpaired) electrons. The molecule has 0 unspecified atom stereocenters. The van der Waals surface area contributed by atoms with Gasteiger partial charge in [-0.05, 0) is 30.0 Å². The maximum absolute atomic E-state index is 5.63. The molecule has 0 bridgehead atoms. The summed E-state index contributed by atoms with van der Waals surface area (Å²) < 4.78 is 10.7. The van der Waals surface area contributed by atoms with E-state index in [-0.39, 0.29) is 0 Å². The van der Waals surface area contributed by atoms with Crippen LogP contribution < -0.4 is 10.1 Å². The first-order valence-corrected chi connectivity index (χ1v) is 7.13. The predicted octanol–water partition coefficient (Wildman–Crippen LogP) is 2.56. The van der Waals surface area contributed by atoms with Crippen LogP contribution in [-0.4, -0.2) is 23.7 Å². The Morgan fingerprint density at radius 3 is 3.14 bits per heavy atom. The molecule has 0 fully saturated rings. The van der Waals surface area contributed by atoms with Gasteiger partial charge >= 0.3 is 0 Å². The van der Waals surface area contributed by atoms with E-state index in [1.165, 1.54) is 11.1 Å². The minimum absolute atomic E-state index is 0.493. The Morgan fingerprint density at radius 2 is 2.24 bits per heavy atom. The van der Waals surface area contributed by atoms with E-state index in [2.05, 4.69) is 33.5 Å². The normalized spacial score (nSPS) is 13.4. The third-order valence-corrected chi connectivity index (χ3v) is 3.46. The fraction of sp³-hybridized carbons (Fsp3) is 0.375. The van der Waals surface area contributed by atoms with E-state index < -0.39 is 0 Å². The number of aryl methyl sites for hydroxylation is 1. The summed E-state index contributed by atoms with van der Waals surface area (Å²) in [5.41, 5.74) is 3.39. The maximum atomic E-state index is 5.63. The average Bonchev–Trinajstić information content (AvgIpc) is 2.53. The first kappa shape index (κ1) is 13.8. The number of benzene rings is 1. The second-order valence-electron chi connectivity index (χ2n) is 5.08. The Balaban J connectivity index is 1.66. The van der Waals surface area contributed by atoms with Crippen LogP contribution in [0.3, 0.4) is 0 Å². The standard InChI is InChI=1S/C16H19N3O2/c1-20-10-14-8-16(19-11-18-14)17-9-12-4-5-15-13(7-12)3-2-6-21-15/h4-5,7-8,11H,2-3,6,9-10H2,1H3,(H,17,18,19). The van der Waals surface area contributed by atoms with E-state index in [9.17, 15) is 0 Å². The van der Waals surface area contributed by atoms with Gasteiger partial charge in [0, 0.05) is 19.7 Å². The van der Waals surface area contributed by atoms with Gasteiger partial charge in [-0.25, -0.2) is 9.97 Å². The number of rotatable bonds is 5. The number of hydrogen-bond acceptors (Lipinski definition) is 5. The van der Waals surface area contributed by atoms with E-state index in [1.54, 1.807) is 13.4 Å². The second kappa shape index (κ2) is 6.54. The van der Waals surface area contributed by atoms with E-state index in [0.717, 1.165) is 43.3 Å². The molecule has 5 heteroatoms. The third-order valence-electron chi connectivity index (χ3n) is 3.46. The van der Waals surface area contributed by atoms with E-state index in [4.69, 9.17) is 9.47 Å². The molecule has 1 aromatic carbocycles. The summed E-state index contributed by atoms with van der Waals surface area (Å²) in [5, 5.41) is 3.32. The van der Waals surface area contributed by atoms with Crippen molar-refractivity contribution in [3.63, 3.8) is 0 Å². The molecule has 2 heterocycles. The lowest BCUT2D eigenvalue weighted by Gasteiger charge is -2.18. The summed E-state index contributed by atoms with van der Waals surface area (Å²) in [5.74, 6) is 1.83. The van der Waals surface area contributed by atoms with Crippen molar-refractivity contribution in [1.29, 1.82) is 0 Å². The summed E-state index contributed by atoms with van der Waals surface area (Å²) >= 11 is 0. The molecule has 1 aliphatic rings. The minimum Gasteiger partial charge on any atom is -0.493 e. The van der Waals surface area contributed by atoms with Crippen molar-refractivity contribution in [2.45, 2.75) is 26.0 Å². The van der Waals surface area contributed by atoms with Gasteiger partial charge in [0.2, 0.25) is 0 Å². The van der Waals surface area contributed by atoms with Crippen LogP contribution in [0, 0.1) is 0 Å². The lowest BCUT2D eigenvalue weighted by atomic mass is 10.0. The Hall–Kier alpha value is -2.14. The van der Waals surface area contributed by atoms with Crippen LogP contribution in [0.5, 0.6) is 5.75 Å². The van der Waals surface area contributed by atoms with Crippen molar-refractivity contribution in [3.8, 4) is 5.75 Å². The van der Waals surface area contributed by atoms with Crippen molar-refractivity contribution >= 4 is 5.82 Å². The van der Waals surface area contributed by atoms with Crippen molar-refractivity contribution in [1.82, 2.24) is 9.97 Å². The third kappa shape index (κ3) is 3.49. The number of hydrogen-bond donors (Lipinski definition) is 1. The monoisotopic (exact) mass is 285 g/mol. The largest absolute Gasteiger partial charge is 0.493 e. The van der Waals surface area contributed by atoms with Gasteiger partial charge in [0.15, 0.2) is 0 Å². The van der Waals surface area contributed by atoms with Gasteiger partial charge < -0.3 is 14.8 Å². The van der Waals surface area contributed by atoms with E-state index in [1.807, 2.05) is 6.07 Å². The Morgan fingerprint density at radius 1 is 1.29 bits per heavy atom. The summed E-state index contributed by atoms with van der Waals surface area (Å²) in [6.45, 7) is 2.05. The quantitative estimate of drug-likeness (QED) is 0.915. The Labute approximate surface area is 124 Å². The van der Waals surface area contributed by atoms with Crippen LogP contribution in [0.1, 0.15) is 23.2 Å². The number of ether oxygens (including phenoxy) is 2. The first-order chi connectivity index (χ1) is 10.3. The first-order valence-electron chi connectivity index (χ1n) is 7.13. The van der Waals surface area contributed by atoms with Crippen molar-refractivity contribution in [2.24, 2.45) is 0 Å². The van der Waals surface area contributed by atoms with Gasteiger partial charge in [-0.2, -0.15) is 0 Å². The lowest BCUT2D eigenvalue weighted by molar-refractivity contribution is 0.181. The zero-order valence-corrected chi connectivity index (χ0v) is 12.1. The topological polar surface area (TPSA) is 56.3 Å². The van der Waals surface area contributed by atoms with Crippen molar-refractivity contribution < 1.29 is 9.47 Å². The number of methoxy groups -OCH3 is 1. The van der Waals surface area contributed by atoms with Gasteiger partial charge in [-0.3, -0.25) is 0 Å². The summed E-state index contributed by atoms with van der Waals surface area (Å²) in [4.78, 5) is 8.37. The fourth-order valence-electron chi connectivity index (χ4n) is 2.44. The van der Waals surface area contributed by atoms with Crippen LogP contribution in [0.15, 0.2) is 30.6 Å². The molecule has 2 aromatic rings. The molecule has 0 amide bonds. The molecule has 1 aliphatic heterocycles. The molecule has 3 rings (SSSR count). The molecule has 5 nitrogen and oxygen atoms in total. The summed E-state index contributed by atoms with van der Waals surface area (Å²) in [6.07, 6.45) is 3.74. The number of nitrogens with zero attached hydrogens (tertiary/aromatic N) is 2. The Kier molecular flexibility index (Phi) is 4.31. The van der Waals surface area contributed by atoms with Gasteiger partial charge in [0.1, 0.15) is 17.9 Å². The highest BCUT2D eigenvalue weighted by molar-refractivity contribution is 5.41. The van der Waals surface area contributed by atoms with Crippen LogP contribution in [0.2, 0.25) is 0 Å². The zero-order valence-electron chi connectivity index (χ0n) is 12.1. The molecule has 0 spiro atoms. The highest BCUT2D eigenvalue weighted by Crippen LogP contribution is 2.25. The SMILES string of the molecule is COCc1cc(NCc2ccc3c(c2)CCCO3)ncn1. The second-order valence-corrected chi connectivity index (χ2v) is 5.08. The van der Waals surface area contributed by atoms with Crippen LogP contribution in [0.4, 0.5) is 5.82 Å². The van der Waals surface area contributed by atoms with E-state index in [0.29, 0.717) is 6.61 Å². The van der Waals surface area contributed by atoms with Gasteiger partial charge in [0.25, 0.3) is 0 Å². The van der Waals surface area contributed by atoms with Crippen molar-refractivity contribution in [3.05, 3.63) is 47.4 Å². The zero-order chi connectivity index (χ0) is 14.5. The van der Waals surface area contributed by atoms with Crippen LogP contribution in [0.25, 0.3) is 0 Å². The number of nitrogens with one attached hydrogen (secondary N) is 1. The molecular formula is C16H19N3O2. The van der Waals surface area contributed by atoms with E-state index >= 15 is 0 Å². The highest BCUT2D eigenvalue weighted by atomic mass is 16.5. The predicted molar refractivity (Wildman–Crippen MR) is 80.3 cm³/mol. The lowest BCUT2D eigenvalue weighted by Crippen LogP contribution is -2.09. The molecule has 0 saturated heterocycles. The molecule has 0 saturated carbocycles. The smallest absolute Gasteiger partial charge is 0.129 e. The molecule has 0 atom stereocenters. The molecule has 21 heavy (non-hydrogen) atoms. The molecule has 1 N–H and O–H groups in total. The summed E-state index contributed by atoms with van der Waals surface area (Å²) in [7, 11) is 1.66. The fourth-order valence-corrected chi connectivity index (χ4v) is 2.44. The number of fused-ring (bicyclic) bond motifs is 1. The Bertz CT molecular complexity index is 616. The number of anilines is 1. The highest BCUT2D eigenvalue weighted by Gasteiger charge is 2.10. The molecule has 0 aliphatic carbocycles. The number of aromatic nitrogens is 2. The van der Waals surface area contributed by atoms with Gasteiger partial charge in [-0.15, -0.1) is 0 Å². The van der Waals surface area contributed by atoms with Gasteiger partial charge in [0.05, 0.1) is 18.9 Å². The molecule has 110 valence electrons. The summed E-state index contributed by atoms with van der Waals surface area (Å²) in [6, 6.07) is 8.26. The molecule has 1 aromatic heterocycles. The van der Waals surface area contributed by atoms with Crippen LogP contribution >= 0.6 is 0 Å². The maximum Gasteiger partial charge on any atom is 0.129 e. The molecular weight excluding hydrogens is 266 g/mol. The van der Waals surface area contributed by atoms with Gasteiger partial charge in [-0.1, -0.05) is 12.1 Å².